The van der Waals surface area contributed by atoms with Gasteiger partial charge >= 0.3 is 0 Å². The van der Waals surface area contributed by atoms with Crippen molar-refractivity contribution in [1.29, 1.82) is 0 Å². The molecule has 3 amide bonds. The number of nitrogens with one attached hydrogen (secondary N) is 2. The molecule has 0 radical (unpaired) electrons. The Morgan fingerprint density at radius 2 is 1.79 bits per heavy atom. The molecule has 0 atom stereocenters. The number of hydrogen-bond acceptors (Lipinski definition) is 4. The summed E-state index contributed by atoms with van der Waals surface area (Å²) in [6.45, 7) is 1.65. The summed E-state index contributed by atoms with van der Waals surface area (Å²) >= 11 is 1.39. The maximum Gasteiger partial charge on any atom is 0.261 e. The number of carbonyl (C=O) groups is 3. The van der Waals surface area contributed by atoms with Crippen molar-refractivity contribution in [2.45, 2.75) is 31.7 Å². The Balaban J connectivity index is 1.33. The van der Waals surface area contributed by atoms with Crippen molar-refractivity contribution < 1.29 is 18.8 Å². The lowest BCUT2D eigenvalue weighted by molar-refractivity contribution is -0.132. The standard InChI is InChI=1S/C21H24FN3O3S/c22-16-7-5-15(6-8-16)20(27)24-17-9-12-25(13-10-17)19(26)4-1-11-23-21(28)18-3-2-14-29-18/h2-3,5-8,14,17H,1,4,9-13H2,(H,23,28)(H,24,27). The molecule has 1 saturated heterocycles. The van der Waals surface area contributed by atoms with Crippen LogP contribution in [0.4, 0.5) is 4.39 Å². The van der Waals surface area contributed by atoms with Gasteiger partial charge in [0.25, 0.3) is 11.8 Å². The fraction of sp³-hybridized carbons (Fsp3) is 0.381. The quantitative estimate of drug-likeness (QED) is 0.680. The molecule has 3 rings (SSSR count). The Labute approximate surface area is 173 Å². The van der Waals surface area contributed by atoms with Gasteiger partial charge in [0, 0.05) is 37.7 Å². The summed E-state index contributed by atoms with van der Waals surface area (Å²) in [5.74, 6) is -0.639. The first-order valence-corrected chi connectivity index (χ1v) is 10.6. The van der Waals surface area contributed by atoms with Crippen molar-refractivity contribution in [2.75, 3.05) is 19.6 Å². The van der Waals surface area contributed by atoms with Crippen LogP contribution in [0.2, 0.25) is 0 Å². The van der Waals surface area contributed by atoms with Gasteiger partial charge in [0.1, 0.15) is 5.82 Å². The number of hydrogen-bond donors (Lipinski definition) is 2. The third-order valence-corrected chi connectivity index (χ3v) is 5.76. The molecule has 0 bridgehead atoms. The van der Waals surface area contributed by atoms with Gasteiger partial charge < -0.3 is 15.5 Å². The van der Waals surface area contributed by atoms with Crippen LogP contribution in [-0.4, -0.2) is 48.3 Å². The fourth-order valence-electron chi connectivity index (χ4n) is 3.24. The van der Waals surface area contributed by atoms with E-state index in [9.17, 15) is 18.8 Å². The second-order valence-electron chi connectivity index (χ2n) is 6.97. The minimum atomic E-state index is -0.376. The second-order valence-corrected chi connectivity index (χ2v) is 7.92. The Hall–Kier alpha value is -2.74. The summed E-state index contributed by atoms with van der Waals surface area (Å²) in [4.78, 5) is 38.9. The monoisotopic (exact) mass is 417 g/mol. The molecule has 1 aromatic heterocycles. The predicted molar refractivity (Wildman–Crippen MR) is 109 cm³/mol. The number of nitrogens with zero attached hydrogens (tertiary/aromatic N) is 1. The largest absolute Gasteiger partial charge is 0.351 e. The van der Waals surface area contributed by atoms with Crippen molar-refractivity contribution in [3.8, 4) is 0 Å². The number of rotatable bonds is 7. The molecule has 0 saturated carbocycles. The van der Waals surface area contributed by atoms with Crippen LogP contribution in [0.5, 0.6) is 0 Å². The van der Waals surface area contributed by atoms with E-state index in [0.717, 1.165) is 0 Å². The maximum atomic E-state index is 13.0. The number of amides is 3. The fourth-order valence-corrected chi connectivity index (χ4v) is 3.88. The summed E-state index contributed by atoms with van der Waals surface area (Å²) in [6.07, 6.45) is 2.36. The van der Waals surface area contributed by atoms with E-state index in [4.69, 9.17) is 0 Å². The Morgan fingerprint density at radius 3 is 2.45 bits per heavy atom. The van der Waals surface area contributed by atoms with E-state index in [1.807, 2.05) is 16.3 Å². The highest BCUT2D eigenvalue weighted by molar-refractivity contribution is 7.12. The summed E-state index contributed by atoms with van der Waals surface area (Å²) in [5, 5.41) is 7.62. The summed E-state index contributed by atoms with van der Waals surface area (Å²) in [7, 11) is 0. The molecule has 1 aliphatic rings. The zero-order valence-electron chi connectivity index (χ0n) is 16.0. The second kappa shape index (κ2) is 10.2. The minimum Gasteiger partial charge on any atom is -0.351 e. The molecule has 6 nitrogen and oxygen atoms in total. The van der Waals surface area contributed by atoms with Crippen LogP contribution in [0.1, 0.15) is 45.7 Å². The molecule has 29 heavy (non-hydrogen) atoms. The third-order valence-electron chi connectivity index (χ3n) is 4.89. The van der Waals surface area contributed by atoms with Gasteiger partial charge in [0.2, 0.25) is 5.91 Å². The van der Waals surface area contributed by atoms with Crippen molar-refractivity contribution in [3.63, 3.8) is 0 Å². The molecular formula is C21H24FN3O3S. The van der Waals surface area contributed by atoms with Crippen LogP contribution >= 0.6 is 11.3 Å². The SMILES string of the molecule is O=C(NC1CCN(C(=O)CCCNC(=O)c2cccs2)CC1)c1ccc(F)cc1. The average Bonchev–Trinajstić information content (AvgIpc) is 3.27. The molecule has 0 unspecified atom stereocenters. The van der Waals surface area contributed by atoms with Gasteiger partial charge in [-0.05, 0) is 55.0 Å². The van der Waals surface area contributed by atoms with E-state index < -0.39 is 0 Å². The van der Waals surface area contributed by atoms with Crippen LogP contribution < -0.4 is 10.6 Å². The van der Waals surface area contributed by atoms with Gasteiger partial charge in [-0.1, -0.05) is 6.07 Å². The van der Waals surface area contributed by atoms with E-state index in [-0.39, 0.29) is 29.6 Å². The van der Waals surface area contributed by atoms with Crippen molar-refractivity contribution in [3.05, 3.63) is 58.0 Å². The molecule has 1 aliphatic heterocycles. The van der Waals surface area contributed by atoms with Gasteiger partial charge in [0.15, 0.2) is 0 Å². The minimum absolute atomic E-state index is 0.00156. The predicted octanol–water partition coefficient (Wildman–Crippen LogP) is 2.82. The molecule has 0 aliphatic carbocycles. The Morgan fingerprint density at radius 1 is 1.07 bits per heavy atom. The molecule has 0 spiro atoms. The van der Waals surface area contributed by atoms with Crippen molar-refractivity contribution in [1.82, 2.24) is 15.5 Å². The van der Waals surface area contributed by atoms with Gasteiger partial charge in [-0.15, -0.1) is 11.3 Å². The summed E-state index contributed by atoms with van der Waals surface area (Å²) < 4.78 is 13.0. The topological polar surface area (TPSA) is 78.5 Å². The first kappa shape index (κ1) is 21.0. The number of benzene rings is 1. The highest BCUT2D eigenvalue weighted by Crippen LogP contribution is 2.13. The lowest BCUT2D eigenvalue weighted by Crippen LogP contribution is -2.46. The van der Waals surface area contributed by atoms with E-state index >= 15 is 0 Å². The average molecular weight is 418 g/mol. The first-order chi connectivity index (χ1) is 14.0. The number of carbonyl (C=O) groups excluding carboxylic acids is 3. The molecule has 8 heteroatoms. The molecule has 154 valence electrons. The number of thiophene rings is 1. The number of halogens is 1. The van der Waals surface area contributed by atoms with Crippen LogP contribution in [0, 0.1) is 5.82 Å². The van der Waals surface area contributed by atoms with E-state index in [1.54, 1.807) is 6.07 Å². The van der Waals surface area contributed by atoms with Crippen molar-refractivity contribution in [2.24, 2.45) is 0 Å². The third kappa shape index (κ3) is 6.12. The Kier molecular flexibility index (Phi) is 7.35. The van der Waals surface area contributed by atoms with Crippen LogP contribution in [-0.2, 0) is 4.79 Å². The maximum absolute atomic E-state index is 13.0. The highest BCUT2D eigenvalue weighted by atomic mass is 32.1. The van der Waals surface area contributed by atoms with Gasteiger partial charge in [-0.3, -0.25) is 14.4 Å². The molecule has 2 heterocycles. The summed E-state index contributed by atoms with van der Waals surface area (Å²) in [6, 6.07) is 9.04. The van der Waals surface area contributed by atoms with Gasteiger partial charge in [-0.25, -0.2) is 4.39 Å². The molecule has 1 aromatic carbocycles. The normalized spacial score (nSPS) is 14.4. The smallest absolute Gasteiger partial charge is 0.261 e. The molecule has 1 fully saturated rings. The summed E-state index contributed by atoms with van der Waals surface area (Å²) in [5.41, 5.74) is 0.425. The zero-order valence-corrected chi connectivity index (χ0v) is 16.8. The lowest BCUT2D eigenvalue weighted by atomic mass is 10.0. The number of likely N-dealkylation sites (tertiary alicyclic amines) is 1. The van der Waals surface area contributed by atoms with Crippen molar-refractivity contribution >= 4 is 29.1 Å². The van der Waals surface area contributed by atoms with Crippen LogP contribution in [0.25, 0.3) is 0 Å². The van der Waals surface area contributed by atoms with E-state index in [1.165, 1.54) is 35.6 Å². The first-order valence-electron chi connectivity index (χ1n) is 9.69. The molecule has 2 aromatic rings. The van der Waals surface area contributed by atoms with Crippen LogP contribution in [0.3, 0.4) is 0 Å². The molecular weight excluding hydrogens is 393 g/mol. The molecule has 2 N–H and O–H groups in total. The van der Waals surface area contributed by atoms with E-state index in [0.29, 0.717) is 55.8 Å². The number of piperidine rings is 1. The zero-order chi connectivity index (χ0) is 20.6. The van der Waals surface area contributed by atoms with Gasteiger partial charge in [0.05, 0.1) is 4.88 Å². The lowest BCUT2D eigenvalue weighted by Gasteiger charge is -2.32. The van der Waals surface area contributed by atoms with E-state index in [2.05, 4.69) is 10.6 Å². The Bertz CT molecular complexity index is 831. The highest BCUT2D eigenvalue weighted by Gasteiger charge is 2.24. The van der Waals surface area contributed by atoms with Crippen LogP contribution in [0.15, 0.2) is 41.8 Å². The van der Waals surface area contributed by atoms with Gasteiger partial charge in [-0.2, -0.15) is 0 Å².